The van der Waals surface area contributed by atoms with E-state index in [2.05, 4.69) is 0 Å². The van der Waals surface area contributed by atoms with Crippen LogP contribution in [-0.4, -0.2) is 24.9 Å². The predicted molar refractivity (Wildman–Crippen MR) is 64.4 cm³/mol. The third kappa shape index (κ3) is 2.14. The number of hydrogen-bond acceptors (Lipinski definition) is 2. The zero-order valence-electron chi connectivity index (χ0n) is 9.20. The predicted octanol–water partition coefficient (Wildman–Crippen LogP) is 2.35. The third-order valence-corrected chi connectivity index (χ3v) is 2.84. The summed E-state index contributed by atoms with van der Waals surface area (Å²) in [6, 6.07) is 5.86. The van der Waals surface area contributed by atoms with Gasteiger partial charge in [-0.15, -0.1) is 11.6 Å². The fourth-order valence-electron chi connectivity index (χ4n) is 1.77. The number of ether oxygens (including phenoxy) is 1. The minimum atomic E-state index is 0.00136. The molecule has 1 aliphatic heterocycles. The number of benzene rings is 1. The first kappa shape index (κ1) is 11.3. The molecule has 1 heterocycles. The molecule has 16 heavy (non-hydrogen) atoms. The molecule has 2 rings (SSSR count). The van der Waals surface area contributed by atoms with E-state index in [0.717, 1.165) is 23.4 Å². The van der Waals surface area contributed by atoms with Gasteiger partial charge in [0.2, 0.25) is 0 Å². The minimum Gasteiger partial charge on any atom is -0.482 e. The molecule has 0 saturated carbocycles. The summed E-state index contributed by atoms with van der Waals surface area (Å²) in [4.78, 5) is 13.5. The molecule has 0 bridgehead atoms. The smallest absolute Gasteiger partial charge is 0.265 e. The molecule has 0 saturated heterocycles. The Morgan fingerprint density at radius 3 is 3.06 bits per heavy atom. The molecule has 3 nitrogen and oxygen atoms in total. The monoisotopic (exact) mass is 239 g/mol. The van der Waals surface area contributed by atoms with Crippen LogP contribution in [0.1, 0.15) is 12.0 Å². The van der Waals surface area contributed by atoms with Crippen LogP contribution in [0.4, 0.5) is 5.69 Å². The Morgan fingerprint density at radius 1 is 1.50 bits per heavy atom. The summed E-state index contributed by atoms with van der Waals surface area (Å²) in [6.07, 6.45) is 0.792. The van der Waals surface area contributed by atoms with E-state index < -0.39 is 0 Å². The quantitative estimate of drug-likeness (QED) is 0.758. The molecule has 4 heteroatoms. The molecule has 0 atom stereocenters. The number of amides is 1. The van der Waals surface area contributed by atoms with Crippen molar-refractivity contribution in [3.05, 3.63) is 23.8 Å². The zero-order chi connectivity index (χ0) is 11.5. The molecule has 1 aromatic rings. The van der Waals surface area contributed by atoms with Gasteiger partial charge in [-0.25, -0.2) is 0 Å². The van der Waals surface area contributed by atoms with Gasteiger partial charge in [-0.2, -0.15) is 0 Å². The molecule has 0 N–H and O–H groups in total. The number of aryl methyl sites for hydroxylation is 1. The Kier molecular flexibility index (Phi) is 3.34. The first-order valence-corrected chi connectivity index (χ1v) is 5.85. The van der Waals surface area contributed by atoms with Crippen LogP contribution < -0.4 is 9.64 Å². The number of nitrogens with zero attached hydrogens (tertiary/aromatic N) is 1. The maximum Gasteiger partial charge on any atom is 0.265 e. The van der Waals surface area contributed by atoms with Gasteiger partial charge in [0.15, 0.2) is 6.61 Å². The van der Waals surface area contributed by atoms with Gasteiger partial charge in [0.1, 0.15) is 5.75 Å². The summed E-state index contributed by atoms with van der Waals surface area (Å²) >= 11 is 5.65. The highest BCUT2D eigenvalue weighted by Gasteiger charge is 2.24. The van der Waals surface area contributed by atoms with E-state index in [1.807, 2.05) is 25.1 Å². The average Bonchev–Trinajstić information content (AvgIpc) is 2.28. The van der Waals surface area contributed by atoms with Crippen molar-refractivity contribution in [2.75, 3.05) is 23.9 Å². The van der Waals surface area contributed by atoms with Gasteiger partial charge in [-0.1, -0.05) is 6.07 Å². The Labute approximate surface area is 100.0 Å². The molecule has 0 unspecified atom stereocenters. The second-order valence-electron chi connectivity index (χ2n) is 3.85. The minimum absolute atomic E-state index is 0.00136. The standard InChI is InChI=1S/C12H14ClNO2/c1-9-3-4-10-11(7-9)16-8-12(15)14(10)6-2-5-13/h3-4,7H,2,5-6,8H2,1H3. The number of alkyl halides is 1. The van der Waals surface area contributed by atoms with Gasteiger partial charge in [0.25, 0.3) is 5.91 Å². The van der Waals surface area contributed by atoms with E-state index in [1.54, 1.807) is 4.90 Å². The number of hydrogen-bond donors (Lipinski definition) is 0. The SMILES string of the molecule is Cc1ccc2c(c1)OCC(=O)N2CCCCl. The van der Waals surface area contributed by atoms with Crippen LogP contribution >= 0.6 is 11.6 Å². The fraction of sp³-hybridized carbons (Fsp3) is 0.417. The van der Waals surface area contributed by atoms with Gasteiger partial charge in [-0.05, 0) is 31.0 Å². The van der Waals surface area contributed by atoms with Crippen molar-refractivity contribution in [3.63, 3.8) is 0 Å². The lowest BCUT2D eigenvalue weighted by molar-refractivity contribution is -0.121. The number of carbonyl (C=O) groups excluding carboxylic acids is 1. The van der Waals surface area contributed by atoms with E-state index in [-0.39, 0.29) is 12.5 Å². The van der Waals surface area contributed by atoms with Crippen molar-refractivity contribution in [1.29, 1.82) is 0 Å². The van der Waals surface area contributed by atoms with Crippen molar-refractivity contribution < 1.29 is 9.53 Å². The van der Waals surface area contributed by atoms with Crippen LogP contribution in [0.2, 0.25) is 0 Å². The van der Waals surface area contributed by atoms with Crippen LogP contribution in [0.3, 0.4) is 0 Å². The lowest BCUT2D eigenvalue weighted by Crippen LogP contribution is -2.39. The van der Waals surface area contributed by atoms with Crippen molar-refractivity contribution in [2.24, 2.45) is 0 Å². The number of carbonyl (C=O) groups is 1. The maximum atomic E-state index is 11.7. The Bertz CT molecular complexity index is 406. The summed E-state index contributed by atoms with van der Waals surface area (Å²) in [6.45, 7) is 2.78. The molecule has 0 spiro atoms. The summed E-state index contributed by atoms with van der Waals surface area (Å²) in [5, 5.41) is 0. The Hall–Kier alpha value is -1.22. The molecule has 1 aromatic carbocycles. The van der Waals surface area contributed by atoms with Crippen LogP contribution in [0.5, 0.6) is 5.75 Å². The Morgan fingerprint density at radius 2 is 2.31 bits per heavy atom. The first-order chi connectivity index (χ1) is 7.72. The maximum absolute atomic E-state index is 11.7. The lowest BCUT2D eigenvalue weighted by atomic mass is 10.1. The van der Waals surface area contributed by atoms with Gasteiger partial charge in [-0.3, -0.25) is 4.79 Å². The largest absolute Gasteiger partial charge is 0.482 e. The molecule has 86 valence electrons. The summed E-state index contributed by atoms with van der Waals surface area (Å²) in [5.41, 5.74) is 1.98. The summed E-state index contributed by atoms with van der Waals surface area (Å²) in [7, 11) is 0. The Balaban J connectivity index is 2.29. The number of rotatable bonds is 3. The highest BCUT2D eigenvalue weighted by Crippen LogP contribution is 2.32. The van der Waals surface area contributed by atoms with Gasteiger partial charge >= 0.3 is 0 Å². The highest BCUT2D eigenvalue weighted by molar-refractivity contribution is 6.17. The van der Waals surface area contributed by atoms with E-state index >= 15 is 0 Å². The number of anilines is 1. The molecule has 1 aliphatic rings. The molecule has 1 amide bonds. The summed E-state index contributed by atoms with van der Waals surface area (Å²) < 4.78 is 5.40. The second kappa shape index (κ2) is 4.74. The molecule has 0 aromatic heterocycles. The van der Waals surface area contributed by atoms with E-state index in [0.29, 0.717) is 12.4 Å². The average molecular weight is 240 g/mol. The van der Waals surface area contributed by atoms with Crippen LogP contribution in [0.25, 0.3) is 0 Å². The van der Waals surface area contributed by atoms with Crippen LogP contribution in [0, 0.1) is 6.92 Å². The third-order valence-electron chi connectivity index (χ3n) is 2.57. The van der Waals surface area contributed by atoms with Gasteiger partial charge in [0, 0.05) is 12.4 Å². The van der Waals surface area contributed by atoms with Crippen LogP contribution in [0.15, 0.2) is 18.2 Å². The normalized spacial score (nSPS) is 14.6. The number of halogens is 1. The van der Waals surface area contributed by atoms with Crippen molar-refractivity contribution >= 4 is 23.2 Å². The van der Waals surface area contributed by atoms with Crippen molar-refractivity contribution in [3.8, 4) is 5.75 Å². The zero-order valence-corrected chi connectivity index (χ0v) is 9.96. The van der Waals surface area contributed by atoms with Gasteiger partial charge in [0.05, 0.1) is 5.69 Å². The van der Waals surface area contributed by atoms with E-state index in [1.165, 1.54) is 0 Å². The topological polar surface area (TPSA) is 29.5 Å². The van der Waals surface area contributed by atoms with Crippen molar-refractivity contribution in [2.45, 2.75) is 13.3 Å². The van der Waals surface area contributed by atoms with Crippen molar-refractivity contribution in [1.82, 2.24) is 0 Å². The molecule has 0 radical (unpaired) electrons. The molecule has 0 aliphatic carbocycles. The van der Waals surface area contributed by atoms with Crippen LogP contribution in [-0.2, 0) is 4.79 Å². The first-order valence-electron chi connectivity index (χ1n) is 5.32. The highest BCUT2D eigenvalue weighted by atomic mass is 35.5. The van der Waals surface area contributed by atoms with Gasteiger partial charge < -0.3 is 9.64 Å². The van der Waals surface area contributed by atoms with E-state index in [9.17, 15) is 4.79 Å². The number of fused-ring (bicyclic) bond motifs is 1. The fourth-order valence-corrected chi connectivity index (χ4v) is 1.89. The lowest BCUT2D eigenvalue weighted by Gasteiger charge is -2.29. The second-order valence-corrected chi connectivity index (χ2v) is 4.23. The molecule has 0 fully saturated rings. The summed E-state index contributed by atoms with van der Waals surface area (Å²) in [5.74, 6) is 1.35. The van der Waals surface area contributed by atoms with E-state index in [4.69, 9.17) is 16.3 Å². The molecular weight excluding hydrogens is 226 g/mol. The molecular formula is C12H14ClNO2.